The molecule has 0 atom stereocenters. The summed E-state index contributed by atoms with van der Waals surface area (Å²) >= 11 is 11.6. The van der Waals surface area contributed by atoms with E-state index in [0.717, 1.165) is 6.42 Å². The molecule has 0 aliphatic rings. The van der Waals surface area contributed by atoms with Crippen LogP contribution in [0.3, 0.4) is 0 Å². The van der Waals surface area contributed by atoms with Crippen LogP contribution in [0, 0.1) is 0 Å². The zero-order valence-corrected chi connectivity index (χ0v) is 13.9. The van der Waals surface area contributed by atoms with Crippen LogP contribution in [0.2, 0.25) is 10.0 Å². The first-order valence-corrected chi connectivity index (χ1v) is 7.87. The van der Waals surface area contributed by atoms with Crippen molar-refractivity contribution in [3.8, 4) is 0 Å². The number of carboxylic acid groups (broad SMARTS) is 1. The van der Waals surface area contributed by atoms with E-state index in [1.807, 2.05) is 0 Å². The molecular formula is C15H18Cl2N2O4. The van der Waals surface area contributed by atoms with E-state index in [1.165, 1.54) is 18.2 Å². The Morgan fingerprint density at radius 3 is 2.39 bits per heavy atom. The Labute approximate surface area is 144 Å². The molecule has 0 bridgehead atoms. The number of unbranched alkanes of at least 4 members (excludes halogenated alkanes) is 2. The van der Waals surface area contributed by atoms with Crippen molar-refractivity contribution in [1.29, 1.82) is 0 Å². The number of rotatable bonds is 9. The summed E-state index contributed by atoms with van der Waals surface area (Å²) in [5, 5.41) is 14.2. The highest BCUT2D eigenvalue weighted by atomic mass is 35.5. The number of carbonyl (C=O) groups excluding carboxylic acids is 2. The highest BCUT2D eigenvalue weighted by Crippen LogP contribution is 2.22. The lowest BCUT2D eigenvalue weighted by atomic mass is 10.2. The third kappa shape index (κ3) is 7.85. The lowest BCUT2D eigenvalue weighted by molar-refractivity contribution is -0.137. The lowest BCUT2D eigenvalue weighted by Gasteiger charge is -2.07. The second-order valence-corrected chi connectivity index (χ2v) is 5.68. The number of hydrogen-bond donors (Lipinski definition) is 3. The third-order valence-electron chi connectivity index (χ3n) is 2.98. The summed E-state index contributed by atoms with van der Waals surface area (Å²) in [7, 11) is 0. The fraction of sp³-hybridized carbons (Fsp3) is 0.400. The van der Waals surface area contributed by atoms with Gasteiger partial charge >= 0.3 is 5.97 Å². The molecule has 1 aromatic rings. The standard InChI is InChI=1S/C15H18Cl2N2O4/c16-11-6-5-10(8-12(11)17)15(23)19-9-13(20)18-7-3-1-2-4-14(21)22/h5-6,8H,1-4,7,9H2,(H,18,20)(H,19,23)(H,21,22). The number of benzene rings is 1. The number of carboxylic acids is 1. The Morgan fingerprint density at radius 2 is 1.74 bits per heavy atom. The second kappa shape index (κ2) is 10.1. The van der Waals surface area contributed by atoms with E-state index >= 15 is 0 Å². The molecule has 1 rings (SSSR count). The molecule has 1 aromatic carbocycles. The van der Waals surface area contributed by atoms with Gasteiger partial charge in [0.2, 0.25) is 5.91 Å². The number of nitrogens with one attached hydrogen (secondary N) is 2. The molecule has 2 amide bonds. The Kier molecular flexibility index (Phi) is 8.43. The van der Waals surface area contributed by atoms with E-state index in [2.05, 4.69) is 10.6 Å². The van der Waals surface area contributed by atoms with Gasteiger partial charge in [-0.1, -0.05) is 29.6 Å². The molecule has 0 saturated carbocycles. The minimum Gasteiger partial charge on any atom is -0.481 e. The van der Waals surface area contributed by atoms with E-state index in [0.29, 0.717) is 30.0 Å². The molecule has 0 aliphatic carbocycles. The minimum atomic E-state index is -0.820. The topological polar surface area (TPSA) is 95.5 Å². The summed E-state index contributed by atoms with van der Waals surface area (Å²) in [5.41, 5.74) is 0.320. The van der Waals surface area contributed by atoms with Gasteiger partial charge in [-0.25, -0.2) is 0 Å². The molecule has 0 radical (unpaired) electrons. The largest absolute Gasteiger partial charge is 0.481 e. The fourth-order valence-electron chi connectivity index (χ4n) is 1.77. The van der Waals surface area contributed by atoms with Crippen LogP contribution < -0.4 is 10.6 Å². The molecule has 0 aromatic heterocycles. The Hall–Kier alpha value is -1.79. The van der Waals surface area contributed by atoms with Crippen LogP contribution in [0.4, 0.5) is 0 Å². The predicted molar refractivity (Wildman–Crippen MR) is 87.9 cm³/mol. The number of amides is 2. The Morgan fingerprint density at radius 1 is 1.00 bits per heavy atom. The smallest absolute Gasteiger partial charge is 0.303 e. The first-order valence-electron chi connectivity index (χ1n) is 7.12. The van der Waals surface area contributed by atoms with Crippen LogP contribution in [0.25, 0.3) is 0 Å². The molecule has 6 nitrogen and oxygen atoms in total. The minimum absolute atomic E-state index is 0.133. The van der Waals surface area contributed by atoms with Crippen molar-refractivity contribution in [1.82, 2.24) is 10.6 Å². The van der Waals surface area contributed by atoms with E-state index in [4.69, 9.17) is 28.3 Å². The van der Waals surface area contributed by atoms with E-state index in [1.54, 1.807) is 0 Å². The van der Waals surface area contributed by atoms with Crippen molar-refractivity contribution in [2.75, 3.05) is 13.1 Å². The van der Waals surface area contributed by atoms with Gasteiger partial charge in [-0.2, -0.15) is 0 Å². The molecule has 0 aliphatic heterocycles. The molecule has 8 heteroatoms. The lowest BCUT2D eigenvalue weighted by Crippen LogP contribution is -2.37. The Bertz CT molecular complexity index is 579. The summed E-state index contributed by atoms with van der Waals surface area (Å²) in [6.07, 6.45) is 2.13. The number of halogens is 2. The van der Waals surface area contributed by atoms with Gasteiger partial charge < -0.3 is 15.7 Å². The SMILES string of the molecule is O=C(O)CCCCCNC(=O)CNC(=O)c1ccc(Cl)c(Cl)c1. The van der Waals surface area contributed by atoms with Gasteiger partial charge in [0.25, 0.3) is 5.91 Å². The van der Waals surface area contributed by atoms with Crippen LogP contribution in [0.1, 0.15) is 36.0 Å². The van der Waals surface area contributed by atoms with Gasteiger partial charge in [-0.15, -0.1) is 0 Å². The first-order chi connectivity index (χ1) is 10.9. The zero-order valence-electron chi connectivity index (χ0n) is 12.4. The number of aliphatic carboxylic acids is 1. The summed E-state index contributed by atoms with van der Waals surface area (Å²) in [6, 6.07) is 4.46. The highest BCUT2D eigenvalue weighted by molar-refractivity contribution is 6.42. The van der Waals surface area contributed by atoms with Crippen LogP contribution in [0.5, 0.6) is 0 Å². The molecule has 126 valence electrons. The average molecular weight is 361 g/mol. The van der Waals surface area contributed by atoms with Gasteiger partial charge in [-0.3, -0.25) is 14.4 Å². The van der Waals surface area contributed by atoms with Crippen molar-refractivity contribution < 1.29 is 19.5 Å². The summed E-state index contributed by atoms with van der Waals surface area (Å²) < 4.78 is 0. The van der Waals surface area contributed by atoms with Gasteiger partial charge in [0.05, 0.1) is 16.6 Å². The van der Waals surface area contributed by atoms with Crippen LogP contribution in [-0.4, -0.2) is 36.0 Å². The van der Waals surface area contributed by atoms with Crippen LogP contribution in [0.15, 0.2) is 18.2 Å². The maximum absolute atomic E-state index is 11.8. The molecule has 23 heavy (non-hydrogen) atoms. The second-order valence-electron chi connectivity index (χ2n) is 4.87. The maximum Gasteiger partial charge on any atom is 0.303 e. The third-order valence-corrected chi connectivity index (χ3v) is 3.72. The quantitative estimate of drug-likeness (QED) is 0.589. The predicted octanol–water partition coefficient (Wildman–Crippen LogP) is 2.48. The van der Waals surface area contributed by atoms with E-state index in [-0.39, 0.29) is 23.9 Å². The average Bonchev–Trinajstić information content (AvgIpc) is 2.50. The van der Waals surface area contributed by atoms with Gasteiger partial charge in [0, 0.05) is 18.5 Å². The highest BCUT2D eigenvalue weighted by Gasteiger charge is 2.09. The zero-order chi connectivity index (χ0) is 17.2. The molecule has 3 N–H and O–H groups in total. The molecule has 0 heterocycles. The molecule has 0 fully saturated rings. The normalized spacial score (nSPS) is 10.2. The summed E-state index contributed by atoms with van der Waals surface area (Å²) in [5.74, 6) is -1.55. The molecule has 0 spiro atoms. The number of hydrogen-bond acceptors (Lipinski definition) is 3. The maximum atomic E-state index is 11.8. The monoisotopic (exact) mass is 360 g/mol. The molecule has 0 saturated heterocycles. The van der Waals surface area contributed by atoms with Crippen LogP contribution >= 0.6 is 23.2 Å². The van der Waals surface area contributed by atoms with Crippen molar-refractivity contribution in [2.45, 2.75) is 25.7 Å². The van der Waals surface area contributed by atoms with Gasteiger partial charge in [0.1, 0.15) is 0 Å². The van der Waals surface area contributed by atoms with Crippen LogP contribution in [-0.2, 0) is 9.59 Å². The van der Waals surface area contributed by atoms with Crippen molar-refractivity contribution in [3.05, 3.63) is 33.8 Å². The summed E-state index contributed by atoms with van der Waals surface area (Å²) in [6.45, 7) is 0.301. The summed E-state index contributed by atoms with van der Waals surface area (Å²) in [4.78, 5) is 33.7. The number of carbonyl (C=O) groups is 3. The van der Waals surface area contributed by atoms with Gasteiger partial charge in [0.15, 0.2) is 0 Å². The van der Waals surface area contributed by atoms with Crippen molar-refractivity contribution >= 4 is 41.0 Å². The van der Waals surface area contributed by atoms with Crippen molar-refractivity contribution in [3.63, 3.8) is 0 Å². The van der Waals surface area contributed by atoms with Crippen molar-refractivity contribution in [2.24, 2.45) is 0 Å². The van der Waals surface area contributed by atoms with E-state index in [9.17, 15) is 14.4 Å². The first kappa shape index (κ1) is 19.3. The Balaban J connectivity index is 2.21. The molecule has 0 unspecified atom stereocenters. The fourth-order valence-corrected chi connectivity index (χ4v) is 2.07. The van der Waals surface area contributed by atoms with E-state index < -0.39 is 11.9 Å². The molecular weight excluding hydrogens is 343 g/mol. The van der Waals surface area contributed by atoms with Gasteiger partial charge in [-0.05, 0) is 31.0 Å².